The number of ether oxygens (including phenoxy) is 1. The first kappa shape index (κ1) is 17.4. The van der Waals surface area contributed by atoms with Gasteiger partial charge in [-0.15, -0.1) is 0 Å². The van der Waals surface area contributed by atoms with Crippen LogP contribution in [0.3, 0.4) is 0 Å². The first-order valence-electron chi connectivity index (χ1n) is 9.11. The van der Waals surface area contributed by atoms with Gasteiger partial charge >= 0.3 is 5.97 Å². The Morgan fingerprint density at radius 2 is 2.04 bits per heavy atom. The average Bonchev–Trinajstić information content (AvgIpc) is 2.82. The molecule has 24 heavy (non-hydrogen) atoms. The number of carbonyl (C=O) groups is 1. The molecule has 0 bridgehead atoms. The Morgan fingerprint density at radius 1 is 1.29 bits per heavy atom. The van der Waals surface area contributed by atoms with Crippen molar-refractivity contribution in [2.75, 3.05) is 6.54 Å². The standard InChI is InChI=1S/C20H29NO3/c1-15-9-10-17-18(13-15)21(24-20(17,2)3)12-11-19(22)23-14-16-7-5-4-6-8-16/h4-8,15,17-18H,9-14H2,1-3H3/t15-,17-,18-/m0/s1. The minimum absolute atomic E-state index is 0.126. The molecule has 3 atom stereocenters. The molecule has 1 aliphatic heterocycles. The normalized spacial score (nSPS) is 29.2. The van der Waals surface area contributed by atoms with Crippen LogP contribution in [-0.2, 0) is 21.0 Å². The monoisotopic (exact) mass is 331 g/mol. The van der Waals surface area contributed by atoms with E-state index in [1.807, 2.05) is 30.3 Å². The van der Waals surface area contributed by atoms with Gasteiger partial charge in [0.1, 0.15) is 6.61 Å². The highest BCUT2D eigenvalue weighted by molar-refractivity contribution is 5.69. The molecule has 0 N–H and O–H groups in total. The number of rotatable bonds is 5. The fourth-order valence-electron chi connectivity index (χ4n) is 4.14. The van der Waals surface area contributed by atoms with E-state index in [1.54, 1.807) is 0 Å². The number of hydrogen-bond donors (Lipinski definition) is 0. The molecule has 1 aromatic rings. The van der Waals surface area contributed by atoms with Gasteiger partial charge in [0.05, 0.1) is 12.0 Å². The molecule has 1 saturated heterocycles. The van der Waals surface area contributed by atoms with Gasteiger partial charge < -0.3 is 4.74 Å². The summed E-state index contributed by atoms with van der Waals surface area (Å²) in [5.74, 6) is 1.14. The van der Waals surface area contributed by atoms with Crippen LogP contribution < -0.4 is 0 Å². The fraction of sp³-hybridized carbons (Fsp3) is 0.650. The van der Waals surface area contributed by atoms with Crippen LogP contribution in [0.25, 0.3) is 0 Å². The Morgan fingerprint density at radius 3 is 2.79 bits per heavy atom. The molecule has 132 valence electrons. The molecule has 4 nitrogen and oxygen atoms in total. The summed E-state index contributed by atoms with van der Waals surface area (Å²) in [5, 5.41) is 2.06. The third-order valence-corrected chi connectivity index (χ3v) is 5.47. The van der Waals surface area contributed by atoms with Gasteiger partial charge in [-0.1, -0.05) is 43.7 Å². The number of fused-ring (bicyclic) bond motifs is 1. The van der Waals surface area contributed by atoms with Gasteiger partial charge in [0.15, 0.2) is 0 Å². The molecule has 2 aliphatic rings. The zero-order valence-corrected chi connectivity index (χ0v) is 15.0. The minimum atomic E-state index is -0.160. The molecule has 1 saturated carbocycles. The largest absolute Gasteiger partial charge is 0.461 e. The van der Waals surface area contributed by atoms with E-state index < -0.39 is 0 Å². The molecular weight excluding hydrogens is 302 g/mol. The number of esters is 1. The first-order chi connectivity index (χ1) is 11.5. The predicted molar refractivity (Wildman–Crippen MR) is 93.0 cm³/mol. The van der Waals surface area contributed by atoms with Crippen molar-refractivity contribution in [3.63, 3.8) is 0 Å². The van der Waals surface area contributed by atoms with Crippen molar-refractivity contribution in [2.45, 2.75) is 64.7 Å². The number of nitrogens with zero attached hydrogens (tertiary/aromatic N) is 1. The SMILES string of the molecule is C[C@H]1CC[C@H]2[C@H](C1)N(CCC(=O)OCc1ccccc1)OC2(C)C. The van der Waals surface area contributed by atoms with E-state index in [0.717, 1.165) is 17.9 Å². The summed E-state index contributed by atoms with van der Waals surface area (Å²) in [4.78, 5) is 18.2. The van der Waals surface area contributed by atoms with Gasteiger partial charge in [0.25, 0.3) is 0 Å². The number of benzene rings is 1. The van der Waals surface area contributed by atoms with Crippen LogP contribution in [0.2, 0.25) is 0 Å². The topological polar surface area (TPSA) is 38.8 Å². The van der Waals surface area contributed by atoms with E-state index in [1.165, 1.54) is 12.8 Å². The van der Waals surface area contributed by atoms with Gasteiger partial charge in [-0.2, -0.15) is 5.06 Å². The average molecular weight is 331 g/mol. The second-order valence-corrected chi connectivity index (χ2v) is 7.82. The van der Waals surface area contributed by atoms with Gasteiger partial charge in [0, 0.05) is 18.5 Å². The van der Waals surface area contributed by atoms with Crippen molar-refractivity contribution in [3.8, 4) is 0 Å². The third kappa shape index (κ3) is 3.98. The molecule has 0 spiro atoms. The Kier molecular flexibility index (Phi) is 5.26. The molecular formula is C20H29NO3. The van der Waals surface area contributed by atoms with Gasteiger partial charge in [-0.25, -0.2) is 0 Å². The Balaban J connectivity index is 1.49. The summed E-state index contributed by atoms with van der Waals surface area (Å²) in [6.07, 6.45) is 4.03. The van der Waals surface area contributed by atoms with Crippen LogP contribution in [0.4, 0.5) is 0 Å². The highest BCUT2D eigenvalue weighted by atomic mass is 16.7. The summed E-state index contributed by atoms with van der Waals surface area (Å²) < 4.78 is 5.38. The van der Waals surface area contributed by atoms with E-state index in [-0.39, 0.29) is 11.6 Å². The van der Waals surface area contributed by atoms with E-state index in [2.05, 4.69) is 25.8 Å². The molecule has 0 unspecified atom stereocenters. The van der Waals surface area contributed by atoms with Crippen molar-refractivity contribution < 1.29 is 14.4 Å². The quantitative estimate of drug-likeness (QED) is 0.766. The van der Waals surface area contributed by atoms with E-state index >= 15 is 0 Å². The summed E-state index contributed by atoms with van der Waals surface area (Å²) in [5.41, 5.74) is 0.893. The molecule has 4 heteroatoms. The number of carbonyl (C=O) groups excluding carboxylic acids is 1. The molecule has 1 aliphatic carbocycles. The molecule has 3 rings (SSSR count). The van der Waals surface area contributed by atoms with E-state index in [4.69, 9.17) is 9.57 Å². The predicted octanol–water partition coefficient (Wildman–Crippen LogP) is 3.95. The lowest BCUT2D eigenvalue weighted by atomic mass is 9.73. The summed E-state index contributed by atoms with van der Waals surface area (Å²) in [6.45, 7) is 7.62. The number of hydrogen-bond acceptors (Lipinski definition) is 4. The van der Waals surface area contributed by atoms with Crippen molar-refractivity contribution in [2.24, 2.45) is 11.8 Å². The first-order valence-corrected chi connectivity index (χ1v) is 9.11. The number of hydroxylamine groups is 2. The zero-order chi connectivity index (χ0) is 17.2. The molecule has 1 heterocycles. The van der Waals surface area contributed by atoms with E-state index in [0.29, 0.717) is 31.5 Å². The lowest BCUT2D eigenvalue weighted by Gasteiger charge is -2.34. The molecule has 2 fully saturated rings. The van der Waals surface area contributed by atoms with Crippen molar-refractivity contribution in [1.29, 1.82) is 0 Å². The van der Waals surface area contributed by atoms with Crippen molar-refractivity contribution >= 4 is 5.97 Å². The van der Waals surface area contributed by atoms with Gasteiger partial charge in [0.2, 0.25) is 0 Å². The van der Waals surface area contributed by atoms with Crippen LogP contribution in [-0.4, -0.2) is 29.2 Å². The molecule has 0 radical (unpaired) electrons. The van der Waals surface area contributed by atoms with Crippen molar-refractivity contribution in [1.82, 2.24) is 5.06 Å². The summed E-state index contributed by atoms with van der Waals surface area (Å²) in [7, 11) is 0. The van der Waals surface area contributed by atoms with Crippen LogP contribution in [0.5, 0.6) is 0 Å². The van der Waals surface area contributed by atoms with Crippen LogP contribution in [0, 0.1) is 11.8 Å². The lowest BCUT2D eigenvalue weighted by molar-refractivity contribution is -0.198. The van der Waals surface area contributed by atoms with Gasteiger partial charge in [-0.3, -0.25) is 9.63 Å². The highest BCUT2D eigenvalue weighted by Crippen LogP contribution is 2.45. The maximum atomic E-state index is 12.1. The molecule has 1 aromatic carbocycles. The zero-order valence-electron chi connectivity index (χ0n) is 15.0. The van der Waals surface area contributed by atoms with Crippen LogP contribution in [0.1, 0.15) is 52.0 Å². The van der Waals surface area contributed by atoms with Crippen LogP contribution >= 0.6 is 0 Å². The third-order valence-electron chi connectivity index (χ3n) is 5.47. The van der Waals surface area contributed by atoms with Crippen LogP contribution in [0.15, 0.2) is 30.3 Å². The lowest BCUT2D eigenvalue weighted by Crippen LogP contribution is -2.39. The molecule has 0 amide bonds. The van der Waals surface area contributed by atoms with Crippen molar-refractivity contribution in [3.05, 3.63) is 35.9 Å². The minimum Gasteiger partial charge on any atom is -0.461 e. The maximum Gasteiger partial charge on any atom is 0.307 e. The Labute approximate surface area is 145 Å². The fourth-order valence-corrected chi connectivity index (χ4v) is 4.14. The van der Waals surface area contributed by atoms with Gasteiger partial charge in [-0.05, 0) is 38.2 Å². The molecule has 0 aromatic heterocycles. The summed E-state index contributed by atoms with van der Waals surface area (Å²) >= 11 is 0. The maximum absolute atomic E-state index is 12.1. The Hall–Kier alpha value is -1.39. The Bertz CT molecular complexity index is 557. The second-order valence-electron chi connectivity index (χ2n) is 7.82. The summed E-state index contributed by atoms with van der Waals surface area (Å²) in [6, 6.07) is 10.2. The van der Waals surface area contributed by atoms with E-state index in [9.17, 15) is 4.79 Å². The highest BCUT2D eigenvalue weighted by Gasteiger charge is 2.50. The smallest absolute Gasteiger partial charge is 0.307 e. The second kappa shape index (κ2) is 7.24.